The minimum absolute atomic E-state index is 0.177. The Morgan fingerprint density at radius 2 is 1.93 bits per heavy atom. The normalized spacial score (nSPS) is 28.1. The van der Waals surface area contributed by atoms with Crippen molar-refractivity contribution in [2.24, 2.45) is 11.8 Å². The largest absolute Gasteiger partial charge is 0.465 e. The molecule has 8 heteroatoms. The Hall–Kier alpha value is -2.58. The lowest BCUT2D eigenvalue weighted by atomic mass is 9.77. The van der Waals surface area contributed by atoms with Gasteiger partial charge < -0.3 is 4.74 Å². The van der Waals surface area contributed by atoms with Crippen molar-refractivity contribution in [3.8, 4) is 0 Å². The molecule has 4 atom stereocenters. The van der Waals surface area contributed by atoms with Gasteiger partial charge in [0.2, 0.25) is 11.8 Å². The SMILES string of the molecule is CCCC1(C(=O)OCC)NC(c2cccs2)C2C(=O)N(c3ccc(F)cc3)C(=O)C21. The summed E-state index contributed by atoms with van der Waals surface area (Å²) in [4.78, 5) is 42.2. The van der Waals surface area contributed by atoms with Gasteiger partial charge in [0, 0.05) is 4.88 Å². The highest BCUT2D eigenvalue weighted by Gasteiger charge is 2.68. The lowest BCUT2D eigenvalue weighted by molar-refractivity contribution is -0.155. The number of hydrogen-bond acceptors (Lipinski definition) is 6. The van der Waals surface area contributed by atoms with Crippen molar-refractivity contribution in [3.63, 3.8) is 0 Å². The zero-order chi connectivity index (χ0) is 21.5. The Morgan fingerprint density at radius 3 is 2.53 bits per heavy atom. The number of benzene rings is 1. The number of rotatable bonds is 6. The molecule has 4 unspecified atom stereocenters. The molecule has 1 aromatic heterocycles. The number of esters is 1. The van der Waals surface area contributed by atoms with Crippen LogP contribution in [0, 0.1) is 17.7 Å². The summed E-state index contributed by atoms with van der Waals surface area (Å²) < 4.78 is 18.8. The highest BCUT2D eigenvalue weighted by molar-refractivity contribution is 7.10. The van der Waals surface area contributed by atoms with E-state index >= 15 is 0 Å². The molecule has 2 amide bonds. The van der Waals surface area contributed by atoms with Crippen LogP contribution in [0.3, 0.4) is 0 Å². The molecular formula is C22H23FN2O4S. The van der Waals surface area contributed by atoms with Gasteiger partial charge in [-0.25, -0.2) is 9.29 Å². The van der Waals surface area contributed by atoms with Gasteiger partial charge in [0.1, 0.15) is 11.4 Å². The van der Waals surface area contributed by atoms with Gasteiger partial charge in [-0.05, 0) is 49.1 Å². The fraction of sp³-hybridized carbons (Fsp3) is 0.409. The summed E-state index contributed by atoms with van der Waals surface area (Å²) in [6, 6.07) is 8.53. The molecule has 30 heavy (non-hydrogen) atoms. The van der Waals surface area contributed by atoms with Gasteiger partial charge >= 0.3 is 5.97 Å². The minimum atomic E-state index is -1.29. The van der Waals surface area contributed by atoms with E-state index in [0.717, 1.165) is 9.78 Å². The zero-order valence-corrected chi connectivity index (χ0v) is 17.6. The molecule has 0 spiro atoms. The lowest BCUT2D eigenvalue weighted by Gasteiger charge is -2.32. The highest BCUT2D eigenvalue weighted by atomic mass is 32.1. The molecule has 158 valence electrons. The number of thiophene rings is 1. The number of fused-ring (bicyclic) bond motifs is 1. The van der Waals surface area contributed by atoms with Crippen molar-refractivity contribution in [1.82, 2.24) is 5.32 Å². The van der Waals surface area contributed by atoms with Gasteiger partial charge in [-0.3, -0.25) is 19.7 Å². The number of hydrogen-bond donors (Lipinski definition) is 1. The van der Waals surface area contributed by atoms with Crippen LogP contribution >= 0.6 is 11.3 Å². The van der Waals surface area contributed by atoms with Crippen LogP contribution in [-0.4, -0.2) is 29.9 Å². The Labute approximate surface area is 178 Å². The number of ether oxygens (including phenoxy) is 1. The molecule has 2 saturated heterocycles. The molecule has 3 heterocycles. The Morgan fingerprint density at radius 1 is 1.20 bits per heavy atom. The third-order valence-corrected chi connectivity index (χ3v) is 6.83. The number of imide groups is 1. The fourth-order valence-electron chi connectivity index (χ4n) is 4.73. The van der Waals surface area contributed by atoms with Crippen molar-refractivity contribution in [1.29, 1.82) is 0 Å². The first-order chi connectivity index (χ1) is 14.4. The van der Waals surface area contributed by atoms with E-state index in [9.17, 15) is 18.8 Å². The quantitative estimate of drug-likeness (QED) is 0.561. The first kappa shape index (κ1) is 20.7. The summed E-state index contributed by atoms with van der Waals surface area (Å²) in [5, 5.41) is 5.24. The van der Waals surface area contributed by atoms with Crippen LogP contribution in [0.1, 0.15) is 37.6 Å². The van der Waals surface area contributed by atoms with E-state index in [4.69, 9.17) is 4.74 Å². The lowest BCUT2D eigenvalue weighted by Crippen LogP contribution is -2.56. The van der Waals surface area contributed by atoms with E-state index in [1.807, 2.05) is 24.4 Å². The van der Waals surface area contributed by atoms with E-state index in [-0.39, 0.29) is 12.5 Å². The first-order valence-corrected chi connectivity index (χ1v) is 10.9. The molecule has 2 aliphatic rings. The van der Waals surface area contributed by atoms with Crippen LogP contribution in [-0.2, 0) is 19.1 Å². The van der Waals surface area contributed by atoms with E-state index in [0.29, 0.717) is 18.5 Å². The van der Waals surface area contributed by atoms with Crippen molar-refractivity contribution < 1.29 is 23.5 Å². The molecular weight excluding hydrogens is 407 g/mol. The topological polar surface area (TPSA) is 75.7 Å². The Balaban J connectivity index is 1.84. The molecule has 2 fully saturated rings. The molecule has 0 aliphatic carbocycles. The molecule has 1 aromatic carbocycles. The summed E-state index contributed by atoms with van der Waals surface area (Å²) >= 11 is 1.47. The molecule has 0 radical (unpaired) electrons. The monoisotopic (exact) mass is 430 g/mol. The number of nitrogens with one attached hydrogen (secondary N) is 1. The number of anilines is 1. The van der Waals surface area contributed by atoms with E-state index < -0.39 is 41.1 Å². The van der Waals surface area contributed by atoms with E-state index in [2.05, 4.69) is 5.32 Å². The fourth-order valence-corrected chi connectivity index (χ4v) is 5.56. The third kappa shape index (κ3) is 3.06. The summed E-state index contributed by atoms with van der Waals surface area (Å²) in [6.07, 6.45) is 0.995. The predicted molar refractivity (Wildman–Crippen MR) is 110 cm³/mol. The standard InChI is InChI=1S/C22H23FN2O4S/c1-3-11-22(21(28)29-4-2)17-16(18(24-22)15-6-5-12-30-15)19(26)25(20(17)27)14-9-7-13(23)8-10-14/h5-10,12,16-18,24H,3-4,11H2,1-2H3. The van der Waals surface area contributed by atoms with Gasteiger partial charge in [0.15, 0.2) is 0 Å². The van der Waals surface area contributed by atoms with Crippen LogP contribution in [0.5, 0.6) is 0 Å². The van der Waals surface area contributed by atoms with Crippen LogP contribution in [0.15, 0.2) is 41.8 Å². The van der Waals surface area contributed by atoms with Gasteiger partial charge in [-0.2, -0.15) is 0 Å². The van der Waals surface area contributed by atoms with Crippen molar-refractivity contribution >= 4 is 34.8 Å². The number of halogens is 1. The maximum atomic E-state index is 13.6. The highest BCUT2D eigenvalue weighted by Crippen LogP contribution is 2.52. The van der Waals surface area contributed by atoms with Crippen LogP contribution < -0.4 is 10.2 Å². The second-order valence-electron chi connectivity index (χ2n) is 7.57. The second-order valence-corrected chi connectivity index (χ2v) is 8.55. The summed E-state index contributed by atoms with van der Waals surface area (Å²) in [6.45, 7) is 3.82. The maximum Gasteiger partial charge on any atom is 0.327 e. The van der Waals surface area contributed by atoms with Crippen molar-refractivity contribution in [2.45, 2.75) is 38.3 Å². The maximum absolute atomic E-state index is 13.6. The number of carbonyl (C=O) groups is 3. The van der Waals surface area contributed by atoms with Gasteiger partial charge in [0.05, 0.1) is 30.2 Å². The average molecular weight is 431 g/mol. The Bertz CT molecular complexity index is 962. The summed E-state index contributed by atoms with van der Waals surface area (Å²) in [5.74, 6) is -3.43. The zero-order valence-electron chi connectivity index (χ0n) is 16.8. The smallest absolute Gasteiger partial charge is 0.327 e. The molecule has 2 aliphatic heterocycles. The third-order valence-electron chi connectivity index (χ3n) is 5.87. The molecule has 6 nitrogen and oxygen atoms in total. The van der Waals surface area contributed by atoms with E-state index in [1.54, 1.807) is 6.92 Å². The van der Waals surface area contributed by atoms with Crippen molar-refractivity contribution in [3.05, 3.63) is 52.5 Å². The number of carbonyl (C=O) groups excluding carboxylic acids is 3. The molecule has 0 bridgehead atoms. The van der Waals surface area contributed by atoms with E-state index in [1.165, 1.54) is 35.6 Å². The summed E-state index contributed by atoms with van der Waals surface area (Å²) in [7, 11) is 0. The predicted octanol–water partition coefficient (Wildman–Crippen LogP) is 3.44. The molecule has 4 rings (SSSR count). The minimum Gasteiger partial charge on any atom is -0.465 e. The molecule has 1 N–H and O–H groups in total. The van der Waals surface area contributed by atoms with Crippen molar-refractivity contribution in [2.75, 3.05) is 11.5 Å². The first-order valence-electron chi connectivity index (χ1n) is 10.1. The molecule has 0 saturated carbocycles. The van der Waals surface area contributed by atoms with Gasteiger partial charge in [0.25, 0.3) is 0 Å². The average Bonchev–Trinajstić information content (AvgIpc) is 3.41. The second kappa shape index (κ2) is 7.92. The van der Waals surface area contributed by atoms with Crippen LogP contribution in [0.4, 0.5) is 10.1 Å². The van der Waals surface area contributed by atoms with Crippen LogP contribution in [0.2, 0.25) is 0 Å². The number of nitrogens with zero attached hydrogens (tertiary/aromatic N) is 1. The Kier molecular flexibility index (Phi) is 5.46. The van der Waals surface area contributed by atoms with Crippen LogP contribution in [0.25, 0.3) is 0 Å². The molecule has 2 aromatic rings. The summed E-state index contributed by atoms with van der Waals surface area (Å²) in [5.41, 5.74) is -0.981. The van der Waals surface area contributed by atoms with Gasteiger partial charge in [-0.15, -0.1) is 11.3 Å². The number of amides is 2. The van der Waals surface area contributed by atoms with Gasteiger partial charge in [-0.1, -0.05) is 19.4 Å².